The minimum absolute atomic E-state index is 0. The third-order valence-electron chi connectivity index (χ3n) is 5.36. The van der Waals surface area contributed by atoms with Gasteiger partial charge in [0, 0.05) is 35.3 Å². The number of esters is 1. The summed E-state index contributed by atoms with van der Waals surface area (Å²) >= 11 is 1.81. The standard InChI is InChI=1S/C20H24N2O4S.ClH/c1-25-19(23)11-22-7-4-13(5-8-22)26-14-2-3-18-16(10-14)15-6-9-27-12-17(15)20(24)21-18;/h2-3,10,13H,4-9,11-12H2,1H3,(H,21,24);1H. The fraction of sp³-hybridized carbons (Fsp3) is 0.500. The predicted molar refractivity (Wildman–Crippen MR) is 114 cm³/mol. The van der Waals surface area contributed by atoms with Gasteiger partial charge in [-0.3, -0.25) is 14.5 Å². The maximum Gasteiger partial charge on any atom is 0.319 e. The molecule has 0 unspecified atom stereocenters. The fourth-order valence-corrected chi connectivity index (χ4v) is 4.87. The lowest BCUT2D eigenvalue weighted by molar-refractivity contribution is -0.142. The number of thioether (sulfide) groups is 1. The van der Waals surface area contributed by atoms with Gasteiger partial charge < -0.3 is 14.5 Å². The lowest BCUT2D eigenvalue weighted by Gasteiger charge is -2.31. The number of H-pyrrole nitrogens is 1. The summed E-state index contributed by atoms with van der Waals surface area (Å²) in [4.78, 5) is 28.8. The second kappa shape index (κ2) is 9.20. The molecule has 1 N–H and O–H groups in total. The Hall–Kier alpha value is -1.70. The molecule has 6 nitrogen and oxygen atoms in total. The summed E-state index contributed by atoms with van der Waals surface area (Å²) in [6.45, 7) is 2.00. The molecule has 8 heteroatoms. The van der Waals surface area contributed by atoms with Crippen LogP contribution in [0.2, 0.25) is 0 Å². The molecule has 0 bridgehead atoms. The average Bonchev–Trinajstić information content (AvgIpc) is 2.70. The van der Waals surface area contributed by atoms with Crippen LogP contribution >= 0.6 is 24.2 Å². The molecule has 1 aromatic heterocycles. The van der Waals surface area contributed by atoms with Crippen LogP contribution in [0.5, 0.6) is 5.75 Å². The first-order valence-corrected chi connectivity index (χ1v) is 10.5. The van der Waals surface area contributed by atoms with Gasteiger partial charge in [-0.05, 0) is 48.8 Å². The Balaban J connectivity index is 0.00000225. The van der Waals surface area contributed by atoms with Crippen LogP contribution in [0, 0.1) is 0 Å². The third kappa shape index (κ3) is 4.47. The van der Waals surface area contributed by atoms with E-state index in [0.29, 0.717) is 6.54 Å². The molecule has 28 heavy (non-hydrogen) atoms. The van der Waals surface area contributed by atoms with Crippen LogP contribution in [0.15, 0.2) is 23.0 Å². The number of rotatable bonds is 4. The number of hydrogen-bond donors (Lipinski definition) is 1. The molecule has 0 radical (unpaired) electrons. The van der Waals surface area contributed by atoms with Gasteiger partial charge in [-0.1, -0.05) is 0 Å². The molecule has 1 fully saturated rings. The van der Waals surface area contributed by atoms with Crippen LogP contribution in [0.3, 0.4) is 0 Å². The molecule has 0 aliphatic carbocycles. The lowest BCUT2D eigenvalue weighted by atomic mass is 10.0. The number of carbonyl (C=O) groups is 1. The molecule has 0 atom stereocenters. The van der Waals surface area contributed by atoms with Gasteiger partial charge >= 0.3 is 5.97 Å². The molecular weight excluding hydrogens is 400 g/mol. The topological polar surface area (TPSA) is 71.6 Å². The van der Waals surface area contributed by atoms with E-state index in [1.807, 2.05) is 23.9 Å². The van der Waals surface area contributed by atoms with E-state index in [0.717, 1.165) is 66.1 Å². The molecule has 2 aliphatic heterocycles. The zero-order valence-electron chi connectivity index (χ0n) is 15.9. The van der Waals surface area contributed by atoms with Crippen molar-refractivity contribution in [3.05, 3.63) is 39.7 Å². The number of likely N-dealkylation sites (tertiary alicyclic amines) is 1. The average molecular weight is 425 g/mol. The number of hydrogen-bond acceptors (Lipinski definition) is 6. The molecule has 2 aromatic rings. The number of nitrogens with zero attached hydrogens (tertiary/aromatic N) is 1. The Morgan fingerprint density at radius 2 is 2.07 bits per heavy atom. The van der Waals surface area contributed by atoms with E-state index in [1.54, 1.807) is 0 Å². The van der Waals surface area contributed by atoms with Crippen molar-refractivity contribution in [2.75, 3.05) is 32.5 Å². The van der Waals surface area contributed by atoms with E-state index >= 15 is 0 Å². The van der Waals surface area contributed by atoms with Crippen molar-refractivity contribution in [3.8, 4) is 5.75 Å². The van der Waals surface area contributed by atoms with Crippen molar-refractivity contribution in [3.63, 3.8) is 0 Å². The van der Waals surface area contributed by atoms with Crippen molar-refractivity contribution >= 4 is 41.0 Å². The van der Waals surface area contributed by atoms with Crippen molar-refractivity contribution in [2.45, 2.75) is 31.1 Å². The Morgan fingerprint density at radius 3 is 2.82 bits per heavy atom. The minimum atomic E-state index is -0.194. The van der Waals surface area contributed by atoms with Gasteiger partial charge in [0.1, 0.15) is 11.9 Å². The second-order valence-corrected chi connectivity index (χ2v) is 8.20. The van der Waals surface area contributed by atoms with Crippen molar-refractivity contribution in [1.82, 2.24) is 9.88 Å². The number of piperidine rings is 1. The lowest BCUT2D eigenvalue weighted by Crippen LogP contribution is -2.41. The number of fused-ring (bicyclic) bond motifs is 3. The highest BCUT2D eigenvalue weighted by atomic mass is 35.5. The maximum absolute atomic E-state index is 12.3. The Bertz CT molecular complexity index is 909. The first kappa shape index (κ1) is 21.0. The molecule has 0 spiro atoms. The first-order chi connectivity index (χ1) is 13.1. The maximum atomic E-state index is 12.3. The number of pyridine rings is 1. The van der Waals surface area contributed by atoms with E-state index in [1.165, 1.54) is 12.7 Å². The monoisotopic (exact) mass is 424 g/mol. The number of nitrogens with one attached hydrogen (secondary N) is 1. The number of methoxy groups -OCH3 is 1. The van der Waals surface area contributed by atoms with Gasteiger partial charge in [0.2, 0.25) is 0 Å². The predicted octanol–water partition coefficient (Wildman–Crippen LogP) is 2.76. The van der Waals surface area contributed by atoms with E-state index < -0.39 is 0 Å². The minimum Gasteiger partial charge on any atom is -0.490 e. The zero-order chi connectivity index (χ0) is 18.8. The Kier molecular flexibility index (Phi) is 6.91. The summed E-state index contributed by atoms with van der Waals surface area (Å²) in [6, 6.07) is 5.95. The first-order valence-electron chi connectivity index (χ1n) is 9.35. The largest absolute Gasteiger partial charge is 0.490 e. The number of carbonyl (C=O) groups excluding carboxylic acids is 1. The van der Waals surface area contributed by atoms with Crippen molar-refractivity contribution < 1.29 is 14.3 Å². The Labute approximate surface area is 174 Å². The van der Waals surface area contributed by atoms with Crippen LogP contribution in [0.25, 0.3) is 10.9 Å². The molecule has 0 amide bonds. The van der Waals surface area contributed by atoms with Crippen molar-refractivity contribution in [2.24, 2.45) is 0 Å². The number of ether oxygens (including phenoxy) is 2. The quantitative estimate of drug-likeness (QED) is 0.761. The molecular formula is C20H25ClN2O4S. The fourth-order valence-electron chi connectivity index (χ4n) is 3.86. The molecule has 2 aliphatic rings. The van der Waals surface area contributed by atoms with Gasteiger partial charge in [-0.25, -0.2) is 0 Å². The molecule has 152 valence electrons. The highest BCUT2D eigenvalue weighted by Gasteiger charge is 2.23. The van der Waals surface area contributed by atoms with E-state index in [4.69, 9.17) is 9.47 Å². The molecule has 1 saturated heterocycles. The number of aromatic amines is 1. The van der Waals surface area contributed by atoms with E-state index in [9.17, 15) is 9.59 Å². The number of aromatic nitrogens is 1. The van der Waals surface area contributed by atoms with E-state index in [2.05, 4.69) is 16.0 Å². The molecule has 0 saturated carbocycles. The zero-order valence-corrected chi connectivity index (χ0v) is 17.5. The summed E-state index contributed by atoms with van der Waals surface area (Å²) in [5.41, 5.74) is 3.00. The van der Waals surface area contributed by atoms with Gasteiger partial charge in [-0.15, -0.1) is 12.4 Å². The van der Waals surface area contributed by atoms with Crippen LogP contribution in [0.4, 0.5) is 0 Å². The highest BCUT2D eigenvalue weighted by molar-refractivity contribution is 7.98. The summed E-state index contributed by atoms with van der Waals surface area (Å²) in [6.07, 6.45) is 2.84. The van der Waals surface area contributed by atoms with Gasteiger partial charge in [-0.2, -0.15) is 11.8 Å². The van der Waals surface area contributed by atoms with Gasteiger partial charge in [0.25, 0.3) is 5.56 Å². The summed E-state index contributed by atoms with van der Waals surface area (Å²) in [5, 5.41) is 1.10. The number of aryl methyl sites for hydroxylation is 1. The number of benzene rings is 1. The summed E-state index contributed by atoms with van der Waals surface area (Å²) < 4.78 is 11.0. The summed E-state index contributed by atoms with van der Waals surface area (Å²) in [7, 11) is 1.42. The highest BCUT2D eigenvalue weighted by Crippen LogP contribution is 2.30. The smallest absolute Gasteiger partial charge is 0.319 e. The third-order valence-corrected chi connectivity index (χ3v) is 6.35. The normalized spacial score (nSPS) is 17.6. The SMILES string of the molecule is COC(=O)CN1CCC(Oc2ccc3[nH]c(=O)c4c(c3c2)CCSC4)CC1.Cl. The van der Waals surface area contributed by atoms with Crippen molar-refractivity contribution in [1.29, 1.82) is 0 Å². The van der Waals surface area contributed by atoms with Gasteiger partial charge in [0.05, 0.1) is 13.7 Å². The van der Waals surface area contributed by atoms with E-state index in [-0.39, 0.29) is 30.0 Å². The van der Waals surface area contributed by atoms with Gasteiger partial charge in [0.15, 0.2) is 0 Å². The van der Waals surface area contributed by atoms with Crippen LogP contribution in [-0.4, -0.2) is 54.5 Å². The molecule has 1 aromatic carbocycles. The molecule has 4 rings (SSSR count). The van der Waals surface area contributed by atoms with Crippen LogP contribution in [0.1, 0.15) is 24.0 Å². The van der Waals surface area contributed by atoms with Crippen LogP contribution < -0.4 is 10.3 Å². The summed E-state index contributed by atoms with van der Waals surface area (Å²) in [5.74, 6) is 2.49. The number of halogens is 1. The second-order valence-electron chi connectivity index (χ2n) is 7.09. The van der Waals surface area contributed by atoms with Crippen LogP contribution in [-0.2, 0) is 21.7 Å². The molecule has 3 heterocycles. The Morgan fingerprint density at radius 1 is 1.29 bits per heavy atom.